The number of carbonyl (C=O) groups is 1. The quantitative estimate of drug-likeness (QED) is 0.818. The molecule has 2 atom stereocenters. The first kappa shape index (κ1) is 18.2. The van der Waals surface area contributed by atoms with Crippen LogP contribution in [0.25, 0.3) is 0 Å². The topological polar surface area (TPSA) is 87.2 Å². The van der Waals surface area contributed by atoms with Crippen molar-refractivity contribution in [1.82, 2.24) is 9.80 Å². The van der Waals surface area contributed by atoms with Crippen LogP contribution in [0, 0.1) is 5.41 Å². The monoisotopic (exact) mass is 368 g/mol. The Morgan fingerprint density at radius 2 is 2.00 bits per heavy atom. The molecule has 0 radical (unpaired) electrons. The van der Waals surface area contributed by atoms with Crippen LogP contribution < -0.4 is 0 Å². The smallest absolute Gasteiger partial charge is 0.409 e. The van der Waals surface area contributed by atoms with Gasteiger partial charge in [0.15, 0.2) is 6.23 Å². The van der Waals surface area contributed by atoms with Crippen LogP contribution >= 0.6 is 0 Å². The zero-order valence-corrected chi connectivity index (χ0v) is 15.1. The standard InChI is InChI=1S/C17H24N2O5S/c1-25(22,23)24-15-17(8-5-10-19(15)16(20)21)9-11-18(13-17)12-14-6-3-2-4-7-14/h2-4,6-7,15H,5,8-13H2,1H3,(H,20,21). The second-order valence-electron chi connectivity index (χ2n) is 7.04. The molecular weight excluding hydrogens is 344 g/mol. The highest BCUT2D eigenvalue weighted by Gasteiger charge is 2.52. The van der Waals surface area contributed by atoms with Gasteiger partial charge in [0.2, 0.25) is 0 Å². The molecular formula is C17H24N2O5S. The first-order valence-corrected chi connectivity index (χ1v) is 10.2. The van der Waals surface area contributed by atoms with Gasteiger partial charge in [0.05, 0.1) is 6.26 Å². The number of carboxylic acid groups (broad SMARTS) is 1. The number of nitrogens with zero attached hydrogens (tertiary/aromatic N) is 2. The van der Waals surface area contributed by atoms with Crippen molar-refractivity contribution in [2.75, 3.05) is 25.9 Å². The summed E-state index contributed by atoms with van der Waals surface area (Å²) in [4.78, 5) is 15.0. The van der Waals surface area contributed by atoms with Crippen LogP contribution in [0.4, 0.5) is 4.79 Å². The Labute approximate surface area is 148 Å². The van der Waals surface area contributed by atoms with E-state index < -0.39 is 27.9 Å². The molecule has 1 N–H and O–H groups in total. The molecule has 1 aromatic carbocycles. The summed E-state index contributed by atoms with van der Waals surface area (Å²) >= 11 is 0. The summed E-state index contributed by atoms with van der Waals surface area (Å²) in [7, 11) is -3.75. The third-order valence-electron chi connectivity index (χ3n) is 5.11. The van der Waals surface area contributed by atoms with Crippen molar-refractivity contribution in [3.8, 4) is 0 Å². The summed E-state index contributed by atoms with van der Waals surface area (Å²) < 4.78 is 28.7. The molecule has 1 amide bonds. The molecule has 2 heterocycles. The van der Waals surface area contributed by atoms with Gasteiger partial charge in [0, 0.05) is 25.0 Å². The molecule has 0 saturated carbocycles. The lowest BCUT2D eigenvalue weighted by molar-refractivity contribution is -0.0812. The average molecular weight is 368 g/mol. The van der Waals surface area contributed by atoms with E-state index in [0.717, 1.165) is 43.5 Å². The minimum absolute atomic E-state index is 0.302. The molecule has 2 saturated heterocycles. The van der Waals surface area contributed by atoms with Crippen LogP contribution in [-0.4, -0.2) is 61.5 Å². The van der Waals surface area contributed by atoms with Crippen molar-refractivity contribution >= 4 is 16.2 Å². The Morgan fingerprint density at radius 3 is 2.64 bits per heavy atom. The van der Waals surface area contributed by atoms with E-state index in [9.17, 15) is 18.3 Å². The van der Waals surface area contributed by atoms with Gasteiger partial charge in [-0.15, -0.1) is 0 Å². The Balaban J connectivity index is 1.81. The van der Waals surface area contributed by atoms with Gasteiger partial charge in [-0.25, -0.2) is 8.98 Å². The SMILES string of the molecule is CS(=O)(=O)OC1N(C(=O)O)CCCC12CCN(Cc1ccccc1)C2. The second-order valence-corrected chi connectivity index (χ2v) is 8.64. The molecule has 2 aliphatic heterocycles. The highest BCUT2D eigenvalue weighted by molar-refractivity contribution is 7.86. The molecule has 25 heavy (non-hydrogen) atoms. The normalized spacial score (nSPS) is 27.7. The van der Waals surface area contributed by atoms with Crippen molar-refractivity contribution in [2.45, 2.75) is 32.0 Å². The Hall–Kier alpha value is -1.64. The molecule has 2 aliphatic rings. The predicted octanol–water partition coefficient (Wildman–Crippen LogP) is 1.95. The molecule has 3 rings (SSSR count). The number of hydrogen-bond acceptors (Lipinski definition) is 5. The number of piperidine rings is 1. The Morgan fingerprint density at radius 1 is 1.28 bits per heavy atom. The van der Waals surface area contributed by atoms with Crippen LogP contribution in [0.2, 0.25) is 0 Å². The molecule has 0 bridgehead atoms. The van der Waals surface area contributed by atoms with E-state index in [2.05, 4.69) is 17.0 Å². The minimum atomic E-state index is -3.75. The summed E-state index contributed by atoms with van der Waals surface area (Å²) in [6, 6.07) is 10.1. The fourth-order valence-corrected chi connectivity index (χ4v) is 4.69. The molecule has 138 valence electrons. The lowest BCUT2D eigenvalue weighted by Gasteiger charge is -2.45. The number of hydrogen-bond donors (Lipinski definition) is 1. The first-order chi connectivity index (χ1) is 11.8. The fourth-order valence-electron chi connectivity index (χ4n) is 4.05. The zero-order chi connectivity index (χ0) is 18.1. The lowest BCUT2D eigenvalue weighted by atomic mass is 9.77. The maximum absolute atomic E-state index is 11.7. The van der Waals surface area contributed by atoms with Crippen LogP contribution in [0.1, 0.15) is 24.8 Å². The van der Waals surface area contributed by atoms with Gasteiger partial charge in [-0.2, -0.15) is 8.42 Å². The molecule has 0 aromatic heterocycles. The van der Waals surface area contributed by atoms with Crippen molar-refractivity contribution in [2.24, 2.45) is 5.41 Å². The summed E-state index contributed by atoms with van der Waals surface area (Å²) in [5.41, 5.74) is 0.708. The number of amides is 1. The molecule has 2 unspecified atom stereocenters. The highest BCUT2D eigenvalue weighted by atomic mass is 32.2. The first-order valence-electron chi connectivity index (χ1n) is 8.43. The fraction of sp³-hybridized carbons (Fsp3) is 0.588. The van der Waals surface area contributed by atoms with Crippen LogP contribution in [0.3, 0.4) is 0 Å². The van der Waals surface area contributed by atoms with Gasteiger partial charge in [-0.3, -0.25) is 9.80 Å². The van der Waals surface area contributed by atoms with E-state index in [1.54, 1.807) is 0 Å². The van der Waals surface area contributed by atoms with Gasteiger partial charge in [-0.05, 0) is 31.4 Å². The van der Waals surface area contributed by atoms with Crippen molar-refractivity contribution < 1.29 is 22.5 Å². The maximum atomic E-state index is 11.7. The van der Waals surface area contributed by atoms with Crippen molar-refractivity contribution in [3.05, 3.63) is 35.9 Å². The molecule has 1 aromatic rings. The van der Waals surface area contributed by atoms with Crippen LogP contribution in [-0.2, 0) is 20.8 Å². The van der Waals surface area contributed by atoms with Gasteiger partial charge < -0.3 is 5.11 Å². The summed E-state index contributed by atoms with van der Waals surface area (Å²) in [6.07, 6.45) is 1.11. The van der Waals surface area contributed by atoms with Gasteiger partial charge in [-0.1, -0.05) is 30.3 Å². The number of likely N-dealkylation sites (tertiary alicyclic amines) is 2. The van der Waals surface area contributed by atoms with E-state index >= 15 is 0 Å². The van der Waals surface area contributed by atoms with Crippen LogP contribution in [0.5, 0.6) is 0 Å². The largest absolute Gasteiger partial charge is 0.465 e. The minimum Gasteiger partial charge on any atom is -0.465 e. The third-order valence-corrected chi connectivity index (χ3v) is 5.64. The van der Waals surface area contributed by atoms with Gasteiger partial charge >= 0.3 is 6.09 Å². The van der Waals surface area contributed by atoms with Crippen molar-refractivity contribution in [1.29, 1.82) is 0 Å². The molecule has 1 spiro atoms. The summed E-state index contributed by atoms with van der Waals surface area (Å²) in [5, 5.41) is 9.49. The average Bonchev–Trinajstić information content (AvgIpc) is 2.92. The summed E-state index contributed by atoms with van der Waals surface area (Å²) in [5.74, 6) is 0. The molecule has 2 fully saturated rings. The lowest BCUT2D eigenvalue weighted by Crippen LogP contribution is -2.57. The van der Waals surface area contributed by atoms with E-state index in [4.69, 9.17) is 4.18 Å². The van der Waals surface area contributed by atoms with Gasteiger partial charge in [0.25, 0.3) is 10.1 Å². The number of rotatable bonds is 4. The van der Waals surface area contributed by atoms with E-state index in [-0.39, 0.29) is 0 Å². The van der Waals surface area contributed by atoms with Crippen LogP contribution in [0.15, 0.2) is 30.3 Å². The Bertz CT molecular complexity index is 724. The Kier molecular flexibility index (Phi) is 5.04. The molecule has 8 heteroatoms. The third kappa shape index (κ3) is 4.13. The molecule has 7 nitrogen and oxygen atoms in total. The van der Waals surface area contributed by atoms with Gasteiger partial charge in [0.1, 0.15) is 0 Å². The van der Waals surface area contributed by atoms with E-state index in [1.165, 1.54) is 5.56 Å². The highest BCUT2D eigenvalue weighted by Crippen LogP contribution is 2.45. The molecule has 0 aliphatic carbocycles. The zero-order valence-electron chi connectivity index (χ0n) is 14.3. The maximum Gasteiger partial charge on any atom is 0.409 e. The predicted molar refractivity (Wildman–Crippen MR) is 92.5 cm³/mol. The second kappa shape index (κ2) is 6.93. The van der Waals surface area contributed by atoms with E-state index in [1.807, 2.05) is 18.2 Å². The summed E-state index contributed by atoms with van der Waals surface area (Å²) in [6.45, 7) is 2.50. The van der Waals surface area contributed by atoms with Crippen molar-refractivity contribution in [3.63, 3.8) is 0 Å². The van der Waals surface area contributed by atoms with E-state index in [0.29, 0.717) is 13.1 Å². The number of benzene rings is 1.